The molecule has 1 aliphatic rings. The van der Waals surface area contributed by atoms with Crippen LogP contribution in [0, 0.1) is 11.3 Å². The lowest BCUT2D eigenvalue weighted by atomic mass is 10.1. The summed E-state index contributed by atoms with van der Waals surface area (Å²) in [4.78, 5) is 41.8. The zero-order valence-corrected chi connectivity index (χ0v) is 19.8. The molecule has 1 saturated heterocycles. The summed E-state index contributed by atoms with van der Waals surface area (Å²) in [5.41, 5.74) is 1.21. The molecule has 0 spiro atoms. The molecule has 8 nitrogen and oxygen atoms in total. The van der Waals surface area contributed by atoms with Crippen LogP contribution in [-0.4, -0.2) is 58.2 Å². The predicted molar refractivity (Wildman–Crippen MR) is 122 cm³/mol. The van der Waals surface area contributed by atoms with Crippen molar-refractivity contribution < 1.29 is 23.2 Å². The second kappa shape index (κ2) is 9.85. The van der Waals surface area contributed by atoms with Gasteiger partial charge in [0.05, 0.1) is 24.2 Å². The van der Waals surface area contributed by atoms with E-state index in [9.17, 15) is 23.2 Å². The lowest BCUT2D eigenvalue weighted by Crippen LogP contribution is -2.43. The van der Waals surface area contributed by atoms with E-state index in [1.54, 1.807) is 23.6 Å². The van der Waals surface area contributed by atoms with Gasteiger partial charge in [0.2, 0.25) is 5.91 Å². The van der Waals surface area contributed by atoms with Crippen molar-refractivity contribution in [2.75, 3.05) is 13.1 Å². The Hall–Kier alpha value is -3.39. The van der Waals surface area contributed by atoms with Gasteiger partial charge in [-0.05, 0) is 38.5 Å². The van der Waals surface area contributed by atoms with E-state index in [0.29, 0.717) is 17.0 Å². The Morgan fingerprint density at radius 2 is 1.91 bits per heavy atom. The van der Waals surface area contributed by atoms with Gasteiger partial charge < -0.3 is 15.5 Å². The summed E-state index contributed by atoms with van der Waals surface area (Å²) >= 11 is 1.27. The maximum atomic E-state index is 13.5. The van der Waals surface area contributed by atoms with E-state index >= 15 is 0 Å². The van der Waals surface area contributed by atoms with E-state index < -0.39 is 43.3 Å². The average Bonchev–Trinajstić information content (AvgIpc) is 3.34. The quantitative estimate of drug-likeness (QED) is 0.648. The highest BCUT2D eigenvalue weighted by atomic mass is 32.1. The fourth-order valence-corrected chi connectivity index (χ4v) is 4.21. The number of nitrogens with zero attached hydrogens (tertiary/aromatic N) is 3. The number of aromatic nitrogens is 1. The minimum Gasteiger partial charge on any atom is -0.347 e. The molecule has 0 saturated carbocycles. The van der Waals surface area contributed by atoms with Crippen molar-refractivity contribution in [3.63, 3.8) is 0 Å². The number of amides is 3. The molecule has 3 rings (SSSR count). The van der Waals surface area contributed by atoms with Crippen LogP contribution in [-0.2, 0) is 11.2 Å². The van der Waals surface area contributed by atoms with E-state index in [1.165, 1.54) is 11.3 Å². The first kappa shape index (κ1) is 25.2. The minimum atomic E-state index is -3.11. The predicted octanol–water partition coefficient (Wildman–Crippen LogP) is 2.75. The van der Waals surface area contributed by atoms with E-state index in [2.05, 4.69) is 15.6 Å². The maximum Gasteiger partial charge on any atom is 0.271 e. The monoisotopic (exact) mass is 489 g/mol. The van der Waals surface area contributed by atoms with Crippen LogP contribution in [0.3, 0.4) is 0 Å². The lowest BCUT2D eigenvalue weighted by Gasteiger charge is -2.20. The smallest absolute Gasteiger partial charge is 0.271 e. The van der Waals surface area contributed by atoms with Gasteiger partial charge in [-0.1, -0.05) is 12.1 Å². The Bertz CT molecular complexity index is 1120. The Kier molecular flexibility index (Phi) is 7.31. The number of carbonyl (C=O) groups is 3. The van der Waals surface area contributed by atoms with Gasteiger partial charge in [-0.25, -0.2) is 13.8 Å². The number of alkyl halides is 2. The Morgan fingerprint density at radius 3 is 2.53 bits per heavy atom. The first-order valence-electron chi connectivity index (χ1n) is 10.6. The molecule has 0 radical (unpaired) electrons. The second-order valence-electron chi connectivity index (χ2n) is 9.11. The van der Waals surface area contributed by atoms with Crippen molar-refractivity contribution in [3.8, 4) is 6.07 Å². The lowest BCUT2D eigenvalue weighted by molar-refractivity contribution is -0.131. The summed E-state index contributed by atoms with van der Waals surface area (Å²) in [5.74, 6) is -4.63. The van der Waals surface area contributed by atoms with Crippen LogP contribution < -0.4 is 10.6 Å². The maximum absolute atomic E-state index is 13.5. The van der Waals surface area contributed by atoms with Crippen molar-refractivity contribution in [2.24, 2.45) is 0 Å². The molecule has 0 bridgehead atoms. The molecular formula is C23H25F2N5O3S. The molecule has 1 fully saturated rings. The topological polar surface area (TPSA) is 115 Å². The SMILES string of the molecule is CC(C)(C)NC(=O)c1ccc(Cc2nc(C(=O)NCC(=O)N3CC(F)(F)C[C@H]3C#N)cs2)cc1. The van der Waals surface area contributed by atoms with Gasteiger partial charge in [-0.3, -0.25) is 14.4 Å². The first-order valence-corrected chi connectivity index (χ1v) is 11.5. The summed E-state index contributed by atoms with van der Waals surface area (Å²) in [7, 11) is 0. The van der Waals surface area contributed by atoms with Gasteiger partial charge in [0, 0.05) is 29.3 Å². The third-order valence-electron chi connectivity index (χ3n) is 4.98. The molecular weight excluding hydrogens is 464 g/mol. The van der Waals surface area contributed by atoms with Crippen molar-refractivity contribution in [2.45, 2.75) is 51.1 Å². The highest BCUT2D eigenvalue weighted by Crippen LogP contribution is 2.31. The summed E-state index contributed by atoms with van der Waals surface area (Å²) in [6.07, 6.45) is -0.258. The number of halogens is 2. The number of benzene rings is 1. The van der Waals surface area contributed by atoms with Gasteiger partial charge in [-0.2, -0.15) is 5.26 Å². The molecule has 0 aliphatic carbocycles. The Labute approximate surface area is 200 Å². The highest BCUT2D eigenvalue weighted by molar-refractivity contribution is 7.09. The van der Waals surface area contributed by atoms with Crippen LogP contribution in [0.15, 0.2) is 29.6 Å². The standard InChI is InChI=1S/C23H25F2N5O3S/c1-22(2,3)29-20(32)15-6-4-14(5-7-15)8-18-28-17(12-34-18)21(33)27-11-19(31)30-13-23(24,25)9-16(30)10-26/h4-7,12,16H,8-9,11,13H2,1-3H3,(H,27,33)(H,29,32)/t16-/m0/s1. The van der Waals surface area contributed by atoms with E-state index in [1.807, 2.05) is 32.9 Å². The summed E-state index contributed by atoms with van der Waals surface area (Å²) < 4.78 is 27.0. The summed E-state index contributed by atoms with van der Waals surface area (Å²) in [6, 6.07) is 7.56. The molecule has 1 aliphatic heterocycles. The largest absolute Gasteiger partial charge is 0.347 e. The fourth-order valence-electron chi connectivity index (χ4n) is 3.40. The van der Waals surface area contributed by atoms with Crippen molar-refractivity contribution in [3.05, 3.63) is 51.5 Å². The van der Waals surface area contributed by atoms with Crippen LogP contribution in [0.2, 0.25) is 0 Å². The average molecular weight is 490 g/mol. The molecule has 3 amide bonds. The van der Waals surface area contributed by atoms with E-state index in [0.717, 1.165) is 10.5 Å². The molecule has 0 unspecified atom stereocenters. The third kappa shape index (κ3) is 6.57. The number of likely N-dealkylation sites (tertiary alicyclic amines) is 1. The van der Waals surface area contributed by atoms with Crippen molar-refractivity contribution >= 4 is 29.1 Å². The van der Waals surface area contributed by atoms with Gasteiger partial charge in [0.1, 0.15) is 11.7 Å². The minimum absolute atomic E-state index is 0.109. The highest BCUT2D eigenvalue weighted by Gasteiger charge is 2.47. The number of nitrogens with one attached hydrogen (secondary N) is 2. The van der Waals surface area contributed by atoms with Gasteiger partial charge in [0.25, 0.3) is 17.7 Å². The Morgan fingerprint density at radius 1 is 1.24 bits per heavy atom. The molecule has 11 heteroatoms. The molecule has 2 aromatic rings. The molecule has 180 valence electrons. The van der Waals surface area contributed by atoms with Gasteiger partial charge in [-0.15, -0.1) is 11.3 Å². The third-order valence-corrected chi connectivity index (χ3v) is 5.83. The first-order chi connectivity index (χ1) is 15.9. The normalized spacial score (nSPS) is 17.2. The number of thiazole rings is 1. The van der Waals surface area contributed by atoms with Gasteiger partial charge in [0.15, 0.2) is 0 Å². The van der Waals surface area contributed by atoms with Crippen LogP contribution in [0.5, 0.6) is 0 Å². The van der Waals surface area contributed by atoms with Crippen LogP contribution in [0.25, 0.3) is 0 Å². The molecule has 1 atom stereocenters. The number of hydrogen-bond donors (Lipinski definition) is 2. The molecule has 2 heterocycles. The molecule has 34 heavy (non-hydrogen) atoms. The number of rotatable bonds is 6. The van der Waals surface area contributed by atoms with Crippen LogP contribution in [0.4, 0.5) is 8.78 Å². The summed E-state index contributed by atoms with van der Waals surface area (Å²) in [5, 5.41) is 16.5. The zero-order chi connectivity index (χ0) is 25.1. The number of hydrogen-bond acceptors (Lipinski definition) is 6. The van der Waals surface area contributed by atoms with Crippen LogP contribution in [0.1, 0.15) is 58.6 Å². The zero-order valence-electron chi connectivity index (χ0n) is 19.0. The summed E-state index contributed by atoms with van der Waals surface area (Å²) in [6.45, 7) is 4.37. The van der Waals surface area contributed by atoms with Crippen molar-refractivity contribution in [1.29, 1.82) is 5.26 Å². The second-order valence-corrected chi connectivity index (χ2v) is 10.1. The van der Waals surface area contributed by atoms with Crippen LogP contribution >= 0.6 is 11.3 Å². The molecule has 2 N–H and O–H groups in total. The fraction of sp³-hybridized carbons (Fsp3) is 0.435. The number of nitriles is 1. The molecule has 1 aromatic heterocycles. The van der Waals surface area contributed by atoms with Crippen molar-refractivity contribution in [1.82, 2.24) is 20.5 Å². The Balaban J connectivity index is 1.54. The number of carbonyl (C=O) groups excluding carboxylic acids is 3. The van der Waals surface area contributed by atoms with E-state index in [-0.39, 0.29) is 17.1 Å². The van der Waals surface area contributed by atoms with Gasteiger partial charge >= 0.3 is 0 Å². The molecule has 1 aromatic carbocycles. The van der Waals surface area contributed by atoms with E-state index in [4.69, 9.17) is 5.26 Å².